The van der Waals surface area contributed by atoms with Crippen LogP contribution in [0.25, 0.3) is 0 Å². The van der Waals surface area contributed by atoms with Gasteiger partial charge in [0.25, 0.3) is 5.91 Å². The number of nitrogens with one attached hydrogen (secondary N) is 1. The van der Waals surface area contributed by atoms with Crippen LogP contribution in [0.5, 0.6) is 11.5 Å². The Hall–Kier alpha value is -3.34. The van der Waals surface area contributed by atoms with Crippen LogP contribution in [0.2, 0.25) is 0 Å². The molecule has 0 aliphatic rings. The fourth-order valence-electron chi connectivity index (χ4n) is 2.38. The van der Waals surface area contributed by atoms with Gasteiger partial charge in [0.1, 0.15) is 17.3 Å². The number of anilines is 1. The van der Waals surface area contributed by atoms with Gasteiger partial charge < -0.3 is 15.8 Å². The van der Waals surface area contributed by atoms with Gasteiger partial charge in [-0.15, -0.1) is 0 Å². The molecule has 0 fully saturated rings. The summed E-state index contributed by atoms with van der Waals surface area (Å²) in [7, 11) is 0. The van der Waals surface area contributed by atoms with Gasteiger partial charge in [-0.2, -0.15) is 0 Å². The number of hydrogen-bond donors (Lipinski definition) is 2. The molecule has 1 aromatic heterocycles. The van der Waals surface area contributed by atoms with Crippen molar-refractivity contribution in [1.82, 2.24) is 10.3 Å². The second-order valence-corrected chi connectivity index (χ2v) is 5.68. The Morgan fingerprint density at radius 1 is 1.08 bits per heavy atom. The SMILES string of the molecule is Cc1cccc(Oc2ccc(CNC(=O)c3cccnc3N)cc2)c1. The van der Waals surface area contributed by atoms with Crippen molar-refractivity contribution in [2.75, 3.05) is 5.73 Å². The summed E-state index contributed by atoms with van der Waals surface area (Å²) in [6.45, 7) is 2.42. The minimum absolute atomic E-state index is 0.224. The maximum Gasteiger partial charge on any atom is 0.255 e. The van der Waals surface area contributed by atoms with Gasteiger partial charge in [0.15, 0.2) is 0 Å². The molecule has 2 aromatic carbocycles. The monoisotopic (exact) mass is 333 g/mol. The average molecular weight is 333 g/mol. The predicted octanol–water partition coefficient (Wildman–Crippen LogP) is 3.69. The normalized spacial score (nSPS) is 10.3. The molecule has 1 amide bonds. The lowest BCUT2D eigenvalue weighted by Gasteiger charge is -2.09. The lowest BCUT2D eigenvalue weighted by Crippen LogP contribution is -2.24. The number of benzene rings is 2. The van der Waals surface area contributed by atoms with E-state index in [1.54, 1.807) is 18.3 Å². The minimum atomic E-state index is -0.245. The van der Waals surface area contributed by atoms with Crippen LogP contribution in [-0.4, -0.2) is 10.9 Å². The van der Waals surface area contributed by atoms with Crippen molar-refractivity contribution in [2.45, 2.75) is 13.5 Å². The van der Waals surface area contributed by atoms with Gasteiger partial charge in [-0.3, -0.25) is 4.79 Å². The molecule has 126 valence electrons. The van der Waals surface area contributed by atoms with Gasteiger partial charge in [0, 0.05) is 12.7 Å². The van der Waals surface area contributed by atoms with E-state index in [4.69, 9.17) is 10.5 Å². The molecule has 0 spiro atoms. The van der Waals surface area contributed by atoms with Crippen LogP contribution in [0.4, 0.5) is 5.82 Å². The average Bonchev–Trinajstić information content (AvgIpc) is 2.61. The highest BCUT2D eigenvalue weighted by Gasteiger charge is 2.09. The van der Waals surface area contributed by atoms with Crippen molar-refractivity contribution < 1.29 is 9.53 Å². The molecule has 1 heterocycles. The van der Waals surface area contributed by atoms with Crippen molar-refractivity contribution in [2.24, 2.45) is 0 Å². The van der Waals surface area contributed by atoms with Crippen LogP contribution in [-0.2, 0) is 6.54 Å². The summed E-state index contributed by atoms with van der Waals surface area (Å²) in [6.07, 6.45) is 1.55. The third kappa shape index (κ3) is 4.35. The number of carbonyl (C=O) groups is 1. The molecule has 0 bridgehead atoms. The third-order valence-electron chi connectivity index (χ3n) is 3.68. The van der Waals surface area contributed by atoms with Gasteiger partial charge in [-0.1, -0.05) is 24.3 Å². The number of ether oxygens (including phenoxy) is 1. The number of rotatable bonds is 5. The Kier molecular flexibility index (Phi) is 4.95. The molecular formula is C20H19N3O2. The summed E-state index contributed by atoms with van der Waals surface area (Å²) >= 11 is 0. The first-order chi connectivity index (χ1) is 12.1. The van der Waals surface area contributed by atoms with Crippen LogP contribution in [0.1, 0.15) is 21.5 Å². The van der Waals surface area contributed by atoms with E-state index < -0.39 is 0 Å². The highest BCUT2D eigenvalue weighted by Crippen LogP contribution is 2.22. The Morgan fingerprint density at radius 3 is 2.60 bits per heavy atom. The van der Waals surface area contributed by atoms with E-state index in [0.717, 1.165) is 22.6 Å². The van der Waals surface area contributed by atoms with Crippen molar-refractivity contribution >= 4 is 11.7 Å². The maximum atomic E-state index is 12.1. The molecular weight excluding hydrogens is 314 g/mol. The van der Waals surface area contributed by atoms with Crippen LogP contribution in [0, 0.1) is 6.92 Å². The zero-order valence-electron chi connectivity index (χ0n) is 13.9. The number of hydrogen-bond acceptors (Lipinski definition) is 4. The van der Waals surface area contributed by atoms with E-state index >= 15 is 0 Å². The topological polar surface area (TPSA) is 77.2 Å². The summed E-state index contributed by atoms with van der Waals surface area (Å²) in [6, 6.07) is 18.8. The largest absolute Gasteiger partial charge is 0.457 e. The highest BCUT2D eigenvalue weighted by atomic mass is 16.5. The Labute approximate surface area is 146 Å². The van der Waals surface area contributed by atoms with Crippen molar-refractivity contribution in [3.63, 3.8) is 0 Å². The first kappa shape index (κ1) is 16.5. The molecule has 0 aliphatic carbocycles. The number of nitrogens with zero attached hydrogens (tertiary/aromatic N) is 1. The van der Waals surface area contributed by atoms with Gasteiger partial charge in [0.05, 0.1) is 5.56 Å². The second-order valence-electron chi connectivity index (χ2n) is 5.68. The Bertz CT molecular complexity index is 876. The molecule has 3 N–H and O–H groups in total. The van der Waals surface area contributed by atoms with Gasteiger partial charge >= 0.3 is 0 Å². The zero-order valence-corrected chi connectivity index (χ0v) is 13.9. The molecule has 0 atom stereocenters. The van der Waals surface area contributed by atoms with Gasteiger partial charge in [-0.05, 0) is 54.4 Å². The molecule has 0 aliphatic heterocycles. The Morgan fingerprint density at radius 2 is 1.88 bits per heavy atom. The molecule has 0 saturated heterocycles. The number of nitrogens with two attached hydrogens (primary N) is 1. The van der Waals surface area contributed by atoms with Crippen LogP contribution < -0.4 is 15.8 Å². The molecule has 3 aromatic rings. The van der Waals surface area contributed by atoms with Crippen molar-refractivity contribution in [1.29, 1.82) is 0 Å². The lowest BCUT2D eigenvalue weighted by molar-refractivity contribution is 0.0951. The summed E-state index contributed by atoms with van der Waals surface area (Å²) in [5.41, 5.74) is 8.19. The lowest BCUT2D eigenvalue weighted by atomic mass is 10.2. The van der Waals surface area contributed by atoms with E-state index in [-0.39, 0.29) is 11.7 Å². The quantitative estimate of drug-likeness (QED) is 0.746. The molecule has 0 unspecified atom stereocenters. The molecule has 25 heavy (non-hydrogen) atoms. The van der Waals surface area contributed by atoms with E-state index in [1.807, 2.05) is 55.5 Å². The first-order valence-corrected chi connectivity index (χ1v) is 7.94. The standard InChI is InChI=1S/C20H19N3O2/c1-14-4-2-5-17(12-14)25-16-9-7-15(8-10-16)13-23-20(24)18-6-3-11-22-19(18)21/h2-12H,13H2,1H3,(H2,21,22)(H,23,24). The van der Waals surface area contributed by atoms with Crippen LogP contribution >= 0.6 is 0 Å². The number of aryl methyl sites for hydroxylation is 1. The molecule has 0 saturated carbocycles. The van der Waals surface area contributed by atoms with Gasteiger partial charge in [0.2, 0.25) is 0 Å². The smallest absolute Gasteiger partial charge is 0.255 e. The van der Waals surface area contributed by atoms with E-state index in [0.29, 0.717) is 12.1 Å². The summed E-state index contributed by atoms with van der Waals surface area (Å²) in [5.74, 6) is 1.53. The second kappa shape index (κ2) is 7.49. The van der Waals surface area contributed by atoms with E-state index in [9.17, 15) is 4.79 Å². The third-order valence-corrected chi connectivity index (χ3v) is 3.68. The minimum Gasteiger partial charge on any atom is -0.457 e. The molecule has 5 nitrogen and oxygen atoms in total. The predicted molar refractivity (Wildman–Crippen MR) is 97.5 cm³/mol. The van der Waals surface area contributed by atoms with Gasteiger partial charge in [-0.25, -0.2) is 4.98 Å². The fraction of sp³-hybridized carbons (Fsp3) is 0.100. The first-order valence-electron chi connectivity index (χ1n) is 7.94. The number of pyridine rings is 1. The summed E-state index contributed by atoms with van der Waals surface area (Å²) < 4.78 is 5.81. The zero-order chi connectivity index (χ0) is 17.6. The summed E-state index contributed by atoms with van der Waals surface area (Å²) in [5, 5.41) is 2.83. The van der Waals surface area contributed by atoms with E-state index in [2.05, 4.69) is 10.3 Å². The number of carbonyl (C=O) groups excluding carboxylic acids is 1. The number of amides is 1. The Balaban J connectivity index is 1.59. The maximum absolute atomic E-state index is 12.1. The van der Waals surface area contributed by atoms with Crippen LogP contribution in [0.3, 0.4) is 0 Å². The molecule has 3 rings (SSSR count). The summed E-state index contributed by atoms with van der Waals surface area (Å²) in [4.78, 5) is 16.0. The molecule has 0 radical (unpaired) electrons. The number of aromatic nitrogens is 1. The van der Waals surface area contributed by atoms with Crippen molar-refractivity contribution in [3.05, 3.63) is 83.6 Å². The van der Waals surface area contributed by atoms with Crippen molar-refractivity contribution in [3.8, 4) is 11.5 Å². The van der Waals surface area contributed by atoms with E-state index in [1.165, 1.54) is 0 Å². The fourth-order valence-corrected chi connectivity index (χ4v) is 2.38. The highest BCUT2D eigenvalue weighted by molar-refractivity contribution is 5.98. The van der Waals surface area contributed by atoms with Crippen LogP contribution in [0.15, 0.2) is 66.9 Å². The number of nitrogen functional groups attached to an aromatic ring is 1. The molecule has 5 heteroatoms.